The van der Waals surface area contributed by atoms with Crippen molar-refractivity contribution in [3.8, 4) is 0 Å². The third-order valence-electron chi connectivity index (χ3n) is 3.24. The molecule has 1 aromatic carbocycles. The van der Waals surface area contributed by atoms with Crippen LogP contribution in [0, 0.1) is 12.8 Å². The Bertz CT molecular complexity index is 339. The number of nitrogens with two attached hydrogens (primary N) is 1. The van der Waals surface area contributed by atoms with E-state index in [9.17, 15) is 0 Å². The molecule has 0 spiro atoms. The largest absolute Gasteiger partial charge is 0.380 e. The molecule has 0 saturated heterocycles. The van der Waals surface area contributed by atoms with Gasteiger partial charge in [0, 0.05) is 7.11 Å². The lowest BCUT2D eigenvalue weighted by Gasteiger charge is -2.29. The number of ether oxygens (including phenoxy) is 1. The van der Waals surface area contributed by atoms with Crippen molar-refractivity contribution in [3.05, 3.63) is 35.4 Å². The Morgan fingerprint density at radius 2 is 1.94 bits per heavy atom. The van der Waals surface area contributed by atoms with Crippen molar-refractivity contribution < 1.29 is 4.74 Å². The van der Waals surface area contributed by atoms with Crippen LogP contribution in [0.2, 0.25) is 0 Å². The second-order valence-electron chi connectivity index (χ2n) is 4.85. The number of rotatable bonds is 6. The van der Waals surface area contributed by atoms with E-state index >= 15 is 0 Å². The Morgan fingerprint density at radius 1 is 1.29 bits per heavy atom. The first-order valence-corrected chi connectivity index (χ1v) is 6.13. The van der Waals surface area contributed by atoms with Crippen LogP contribution < -0.4 is 11.3 Å². The number of hydrazine groups is 1. The van der Waals surface area contributed by atoms with Gasteiger partial charge in [-0.25, -0.2) is 0 Å². The highest BCUT2D eigenvalue weighted by molar-refractivity contribution is 5.26. The number of nitrogens with one attached hydrogen (secondary N) is 1. The molecule has 0 bridgehead atoms. The summed E-state index contributed by atoms with van der Waals surface area (Å²) in [6.07, 6.45) is 1.01. The molecular formula is C14H24N2O. The summed E-state index contributed by atoms with van der Waals surface area (Å²) in [7, 11) is 1.74. The van der Waals surface area contributed by atoms with Crippen molar-refractivity contribution in [2.75, 3.05) is 7.11 Å². The van der Waals surface area contributed by atoms with Gasteiger partial charge in [0.1, 0.15) is 0 Å². The predicted molar refractivity (Wildman–Crippen MR) is 71.6 cm³/mol. The van der Waals surface area contributed by atoms with Gasteiger partial charge in [-0.1, -0.05) is 38.1 Å². The Labute approximate surface area is 104 Å². The molecular weight excluding hydrogens is 212 g/mol. The van der Waals surface area contributed by atoms with Crippen molar-refractivity contribution in [2.45, 2.75) is 39.3 Å². The van der Waals surface area contributed by atoms with Gasteiger partial charge in [-0.05, 0) is 30.4 Å². The fourth-order valence-corrected chi connectivity index (χ4v) is 2.25. The number of benzene rings is 1. The fraction of sp³-hybridized carbons (Fsp3) is 0.571. The number of hydrogen-bond donors (Lipinski definition) is 2. The molecule has 96 valence electrons. The average molecular weight is 236 g/mol. The molecule has 1 aromatic rings. The van der Waals surface area contributed by atoms with E-state index in [1.807, 2.05) is 0 Å². The predicted octanol–water partition coefficient (Wildman–Crippen LogP) is 2.04. The van der Waals surface area contributed by atoms with Crippen molar-refractivity contribution in [2.24, 2.45) is 11.8 Å². The molecule has 0 amide bonds. The minimum Gasteiger partial charge on any atom is -0.380 e. The SMILES string of the molecule is COC(C(C)C)C(Cc1ccccc1C)NN. The van der Waals surface area contributed by atoms with E-state index in [-0.39, 0.29) is 12.1 Å². The Morgan fingerprint density at radius 3 is 2.41 bits per heavy atom. The lowest BCUT2D eigenvalue weighted by atomic mass is 9.93. The van der Waals surface area contributed by atoms with E-state index in [1.54, 1.807) is 7.11 Å². The summed E-state index contributed by atoms with van der Waals surface area (Å²) in [5.41, 5.74) is 5.50. The topological polar surface area (TPSA) is 47.3 Å². The van der Waals surface area contributed by atoms with Gasteiger partial charge in [-0.2, -0.15) is 0 Å². The molecule has 0 heterocycles. The zero-order valence-electron chi connectivity index (χ0n) is 11.2. The highest BCUT2D eigenvalue weighted by Crippen LogP contribution is 2.16. The maximum absolute atomic E-state index is 5.65. The average Bonchev–Trinajstić information content (AvgIpc) is 2.30. The number of aryl methyl sites for hydroxylation is 1. The molecule has 0 radical (unpaired) electrons. The molecule has 2 atom stereocenters. The molecule has 0 aliphatic carbocycles. The van der Waals surface area contributed by atoms with E-state index in [2.05, 4.69) is 50.5 Å². The van der Waals surface area contributed by atoms with Crippen LogP contribution in [0.4, 0.5) is 0 Å². The molecule has 2 unspecified atom stereocenters. The molecule has 0 aromatic heterocycles. The van der Waals surface area contributed by atoms with Crippen LogP contribution in [0.1, 0.15) is 25.0 Å². The first-order chi connectivity index (χ1) is 8.10. The van der Waals surface area contributed by atoms with E-state index in [0.717, 1.165) is 6.42 Å². The van der Waals surface area contributed by atoms with Crippen LogP contribution in [0.5, 0.6) is 0 Å². The van der Waals surface area contributed by atoms with Gasteiger partial charge < -0.3 is 4.74 Å². The van der Waals surface area contributed by atoms with Crippen molar-refractivity contribution >= 4 is 0 Å². The summed E-state index contributed by atoms with van der Waals surface area (Å²) >= 11 is 0. The first-order valence-electron chi connectivity index (χ1n) is 6.13. The zero-order valence-corrected chi connectivity index (χ0v) is 11.2. The Balaban J connectivity index is 2.79. The Kier molecular flexibility index (Phi) is 5.62. The van der Waals surface area contributed by atoms with E-state index < -0.39 is 0 Å². The summed E-state index contributed by atoms with van der Waals surface area (Å²) in [4.78, 5) is 0. The molecule has 17 heavy (non-hydrogen) atoms. The van der Waals surface area contributed by atoms with Gasteiger partial charge in [0.25, 0.3) is 0 Å². The van der Waals surface area contributed by atoms with Gasteiger partial charge in [0.2, 0.25) is 0 Å². The molecule has 3 nitrogen and oxygen atoms in total. The van der Waals surface area contributed by atoms with E-state index in [1.165, 1.54) is 11.1 Å². The van der Waals surface area contributed by atoms with E-state index in [4.69, 9.17) is 10.6 Å². The molecule has 0 aliphatic rings. The lowest BCUT2D eigenvalue weighted by Crippen LogP contribution is -2.48. The lowest BCUT2D eigenvalue weighted by molar-refractivity contribution is 0.0332. The van der Waals surface area contributed by atoms with Gasteiger partial charge in [-0.3, -0.25) is 11.3 Å². The van der Waals surface area contributed by atoms with Crippen LogP contribution in [-0.4, -0.2) is 19.3 Å². The molecule has 0 saturated carbocycles. The quantitative estimate of drug-likeness (QED) is 0.587. The van der Waals surface area contributed by atoms with E-state index in [0.29, 0.717) is 5.92 Å². The van der Waals surface area contributed by atoms with Crippen LogP contribution in [-0.2, 0) is 11.2 Å². The number of hydrogen-bond acceptors (Lipinski definition) is 3. The van der Waals surface area contributed by atoms with Crippen LogP contribution in [0.3, 0.4) is 0 Å². The fourth-order valence-electron chi connectivity index (χ4n) is 2.25. The second-order valence-corrected chi connectivity index (χ2v) is 4.85. The summed E-state index contributed by atoms with van der Waals surface area (Å²) < 4.78 is 5.53. The highest BCUT2D eigenvalue weighted by Gasteiger charge is 2.23. The highest BCUT2D eigenvalue weighted by atomic mass is 16.5. The normalized spacial score (nSPS) is 14.9. The molecule has 0 aliphatic heterocycles. The van der Waals surface area contributed by atoms with Gasteiger partial charge in [0.15, 0.2) is 0 Å². The van der Waals surface area contributed by atoms with Gasteiger partial charge >= 0.3 is 0 Å². The standard InChI is InChI=1S/C14H24N2O/c1-10(2)14(17-4)13(16-15)9-12-8-6-5-7-11(12)3/h5-8,10,13-14,16H,9,15H2,1-4H3. The zero-order chi connectivity index (χ0) is 12.8. The van der Waals surface area contributed by atoms with Crippen LogP contribution in [0.15, 0.2) is 24.3 Å². The molecule has 1 rings (SSSR count). The summed E-state index contributed by atoms with van der Waals surface area (Å²) in [5, 5.41) is 0. The first kappa shape index (κ1) is 14.2. The van der Waals surface area contributed by atoms with Gasteiger partial charge in [-0.15, -0.1) is 0 Å². The monoisotopic (exact) mass is 236 g/mol. The third-order valence-corrected chi connectivity index (χ3v) is 3.24. The summed E-state index contributed by atoms with van der Waals surface area (Å²) in [5.74, 6) is 6.09. The summed E-state index contributed by atoms with van der Waals surface area (Å²) in [6, 6.07) is 8.53. The summed E-state index contributed by atoms with van der Waals surface area (Å²) in [6.45, 7) is 6.42. The second kappa shape index (κ2) is 6.74. The minimum atomic E-state index is 0.125. The van der Waals surface area contributed by atoms with Crippen LogP contribution in [0.25, 0.3) is 0 Å². The maximum atomic E-state index is 5.65. The maximum Gasteiger partial charge on any atom is 0.0763 e. The molecule has 3 N–H and O–H groups in total. The number of methoxy groups -OCH3 is 1. The van der Waals surface area contributed by atoms with Gasteiger partial charge in [0.05, 0.1) is 12.1 Å². The van der Waals surface area contributed by atoms with Crippen LogP contribution >= 0.6 is 0 Å². The minimum absolute atomic E-state index is 0.125. The smallest absolute Gasteiger partial charge is 0.0763 e. The molecule has 3 heteroatoms. The molecule has 0 fully saturated rings. The Hall–Kier alpha value is -0.900. The van der Waals surface area contributed by atoms with Crippen molar-refractivity contribution in [3.63, 3.8) is 0 Å². The third kappa shape index (κ3) is 3.80. The van der Waals surface area contributed by atoms with Crippen molar-refractivity contribution in [1.82, 2.24) is 5.43 Å². The van der Waals surface area contributed by atoms with Crippen molar-refractivity contribution in [1.29, 1.82) is 0 Å².